The van der Waals surface area contributed by atoms with Crippen LogP contribution in [0, 0.1) is 0 Å². The number of halogens is 1. The van der Waals surface area contributed by atoms with E-state index in [1.807, 2.05) is 30.3 Å². The predicted molar refractivity (Wildman–Crippen MR) is 97.4 cm³/mol. The lowest BCUT2D eigenvalue weighted by Gasteiger charge is -2.33. The highest BCUT2D eigenvalue weighted by molar-refractivity contribution is 6.31. The summed E-state index contributed by atoms with van der Waals surface area (Å²) in [4.78, 5) is 0. The third-order valence-electron chi connectivity index (χ3n) is 4.06. The summed E-state index contributed by atoms with van der Waals surface area (Å²) in [6, 6.07) is 18.5. The van der Waals surface area contributed by atoms with E-state index in [2.05, 4.69) is 62.9 Å². The van der Waals surface area contributed by atoms with Crippen molar-refractivity contribution in [3.63, 3.8) is 0 Å². The Kier molecular flexibility index (Phi) is 5.41. The van der Waals surface area contributed by atoms with Crippen LogP contribution in [-0.2, 0) is 5.41 Å². The largest absolute Gasteiger partial charge is 0.0991 e. The Bertz CT molecular complexity index is 695. The van der Waals surface area contributed by atoms with Crippen molar-refractivity contribution in [2.75, 3.05) is 0 Å². The molecular formula is C21H21Cl. The minimum atomic E-state index is -0.312. The summed E-state index contributed by atoms with van der Waals surface area (Å²) in [5.74, 6) is 0. The van der Waals surface area contributed by atoms with Gasteiger partial charge in [0.2, 0.25) is 0 Å². The van der Waals surface area contributed by atoms with Gasteiger partial charge in [-0.25, -0.2) is 0 Å². The Hall–Kier alpha value is -2.05. The zero-order valence-corrected chi connectivity index (χ0v) is 13.8. The van der Waals surface area contributed by atoms with E-state index in [0.29, 0.717) is 0 Å². The Morgan fingerprint density at radius 2 is 1.68 bits per heavy atom. The first kappa shape index (κ1) is 16.3. The molecule has 112 valence electrons. The topological polar surface area (TPSA) is 0 Å². The van der Waals surface area contributed by atoms with Crippen molar-refractivity contribution in [3.05, 3.63) is 107 Å². The van der Waals surface area contributed by atoms with Gasteiger partial charge in [-0.2, -0.15) is 0 Å². The molecule has 1 heteroatoms. The lowest BCUT2D eigenvalue weighted by molar-refractivity contribution is 0.690. The molecule has 2 aromatic carbocycles. The Balaban J connectivity index is 2.73. The smallest absolute Gasteiger partial charge is 0.0450 e. The van der Waals surface area contributed by atoms with Gasteiger partial charge in [0.1, 0.15) is 0 Å². The van der Waals surface area contributed by atoms with Gasteiger partial charge in [0, 0.05) is 10.4 Å². The van der Waals surface area contributed by atoms with Gasteiger partial charge in [0.05, 0.1) is 0 Å². The van der Waals surface area contributed by atoms with Gasteiger partial charge in [-0.3, -0.25) is 0 Å². The minimum absolute atomic E-state index is 0.312. The monoisotopic (exact) mass is 308 g/mol. The molecule has 2 rings (SSSR count). The molecule has 0 bridgehead atoms. The highest BCUT2D eigenvalue weighted by atomic mass is 35.5. The first-order valence-electron chi connectivity index (χ1n) is 7.41. The highest BCUT2D eigenvalue weighted by Crippen LogP contribution is 2.42. The maximum atomic E-state index is 6.52. The van der Waals surface area contributed by atoms with Crippen LogP contribution < -0.4 is 0 Å². The molecule has 0 aliphatic heterocycles. The molecular weight excluding hydrogens is 288 g/mol. The van der Waals surface area contributed by atoms with Crippen LogP contribution in [-0.4, -0.2) is 0 Å². The van der Waals surface area contributed by atoms with Crippen LogP contribution in [0.2, 0.25) is 5.02 Å². The summed E-state index contributed by atoms with van der Waals surface area (Å²) in [5.41, 5.74) is 3.19. The molecule has 0 nitrogen and oxygen atoms in total. The molecule has 0 aliphatic carbocycles. The summed E-state index contributed by atoms with van der Waals surface area (Å²) < 4.78 is 0. The third-order valence-corrected chi connectivity index (χ3v) is 4.39. The van der Waals surface area contributed by atoms with Crippen LogP contribution in [0.5, 0.6) is 0 Å². The van der Waals surface area contributed by atoms with Crippen molar-refractivity contribution in [2.45, 2.75) is 19.3 Å². The Morgan fingerprint density at radius 1 is 1.05 bits per heavy atom. The first-order valence-corrected chi connectivity index (χ1v) is 7.78. The van der Waals surface area contributed by atoms with Crippen LogP contribution in [0.4, 0.5) is 0 Å². The average Bonchev–Trinajstić information content (AvgIpc) is 2.56. The molecule has 0 aliphatic rings. The van der Waals surface area contributed by atoms with Crippen molar-refractivity contribution >= 4 is 11.6 Å². The molecule has 0 heterocycles. The third kappa shape index (κ3) is 3.08. The second-order valence-corrected chi connectivity index (χ2v) is 5.72. The number of allylic oxidation sites excluding steroid dienone is 5. The zero-order chi connectivity index (χ0) is 16.0. The van der Waals surface area contributed by atoms with Crippen LogP contribution in [0.25, 0.3) is 0 Å². The molecule has 0 N–H and O–H groups in total. The van der Waals surface area contributed by atoms with Crippen LogP contribution in [0.3, 0.4) is 0 Å². The molecule has 0 spiro atoms. The van der Waals surface area contributed by atoms with Crippen LogP contribution in [0.1, 0.15) is 25.0 Å². The van der Waals surface area contributed by atoms with Crippen molar-refractivity contribution in [1.82, 2.24) is 0 Å². The minimum Gasteiger partial charge on any atom is -0.0991 e. The molecule has 0 radical (unpaired) electrons. The van der Waals surface area contributed by atoms with E-state index < -0.39 is 0 Å². The van der Waals surface area contributed by atoms with E-state index in [9.17, 15) is 0 Å². The average molecular weight is 309 g/mol. The van der Waals surface area contributed by atoms with Gasteiger partial charge >= 0.3 is 0 Å². The summed E-state index contributed by atoms with van der Waals surface area (Å²) in [6.45, 7) is 8.04. The van der Waals surface area contributed by atoms with E-state index in [1.54, 1.807) is 6.08 Å². The lowest BCUT2D eigenvalue weighted by atomic mass is 9.70. The fourth-order valence-corrected chi connectivity index (χ4v) is 3.16. The van der Waals surface area contributed by atoms with E-state index in [1.165, 1.54) is 11.1 Å². The number of hydrogen-bond acceptors (Lipinski definition) is 0. The molecule has 0 fully saturated rings. The molecule has 0 aromatic heterocycles. The van der Waals surface area contributed by atoms with Gasteiger partial charge in [-0.05, 0) is 36.6 Å². The Labute approximate surface area is 138 Å². The molecule has 1 unspecified atom stereocenters. The van der Waals surface area contributed by atoms with E-state index >= 15 is 0 Å². The number of benzene rings is 2. The summed E-state index contributed by atoms with van der Waals surface area (Å²) in [6.07, 6.45) is 7.99. The fourth-order valence-electron chi connectivity index (χ4n) is 2.84. The Morgan fingerprint density at radius 3 is 2.27 bits per heavy atom. The molecule has 0 saturated heterocycles. The molecule has 2 aromatic rings. The van der Waals surface area contributed by atoms with Crippen molar-refractivity contribution in [3.8, 4) is 0 Å². The van der Waals surface area contributed by atoms with Gasteiger partial charge in [0.15, 0.2) is 0 Å². The predicted octanol–water partition coefficient (Wildman–Crippen LogP) is 6.33. The first-order chi connectivity index (χ1) is 10.6. The van der Waals surface area contributed by atoms with Gasteiger partial charge in [0.25, 0.3) is 0 Å². The maximum Gasteiger partial charge on any atom is 0.0450 e. The SMILES string of the molecule is C=C/C=C\C(=C/C)C(C)(c1ccccc1)c1ccccc1Cl. The second-order valence-electron chi connectivity index (χ2n) is 5.31. The number of hydrogen-bond donors (Lipinski definition) is 0. The quantitative estimate of drug-likeness (QED) is 0.566. The van der Waals surface area contributed by atoms with Crippen molar-refractivity contribution in [1.29, 1.82) is 0 Å². The highest BCUT2D eigenvalue weighted by Gasteiger charge is 2.33. The number of rotatable bonds is 5. The van der Waals surface area contributed by atoms with Crippen molar-refractivity contribution in [2.24, 2.45) is 0 Å². The van der Waals surface area contributed by atoms with Crippen molar-refractivity contribution < 1.29 is 0 Å². The van der Waals surface area contributed by atoms with E-state index in [4.69, 9.17) is 11.6 Å². The zero-order valence-electron chi connectivity index (χ0n) is 13.1. The van der Waals surface area contributed by atoms with Crippen LogP contribution in [0.15, 0.2) is 91.1 Å². The lowest BCUT2D eigenvalue weighted by Crippen LogP contribution is -2.26. The summed E-state index contributed by atoms with van der Waals surface area (Å²) in [5, 5.41) is 0.778. The standard InChI is InChI=1S/C21H21Cl/c1-4-6-12-17(5-2)21(3,18-13-8-7-9-14-18)19-15-10-11-16-20(19)22/h4-16H,1H2,2-3H3/b12-6-,17-5+. The van der Waals surface area contributed by atoms with Gasteiger partial charge in [-0.15, -0.1) is 0 Å². The fraction of sp³-hybridized carbons (Fsp3) is 0.143. The summed E-state index contributed by atoms with van der Waals surface area (Å²) >= 11 is 6.52. The van der Waals surface area contributed by atoms with Gasteiger partial charge < -0.3 is 0 Å². The van der Waals surface area contributed by atoms with E-state index in [-0.39, 0.29) is 5.41 Å². The maximum absolute atomic E-state index is 6.52. The molecule has 0 saturated carbocycles. The molecule has 22 heavy (non-hydrogen) atoms. The normalized spacial score (nSPS) is 14.8. The van der Waals surface area contributed by atoms with Crippen LogP contribution >= 0.6 is 11.6 Å². The molecule has 0 amide bonds. The van der Waals surface area contributed by atoms with E-state index in [0.717, 1.165) is 10.6 Å². The second kappa shape index (κ2) is 7.29. The summed E-state index contributed by atoms with van der Waals surface area (Å²) in [7, 11) is 0. The molecule has 1 atom stereocenters. The van der Waals surface area contributed by atoms with Gasteiger partial charge in [-0.1, -0.05) is 91.0 Å².